The highest BCUT2D eigenvalue weighted by Gasteiger charge is 2.33. The van der Waals surface area contributed by atoms with E-state index in [-0.39, 0.29) is 5.91 Å². The Morgan fingerprint density at radius 2 is 1.65 bits per heavy atom. The minimum atomic E-state index is -0.812. The summed E-state index contributed by atoms with van der Waals surface area (Å²) in [4.78, 5) is 22.4. The van der Waals surface area contributed by atoms with Crippen LogP contribution in [-0.4, -0.2) is 64.9 Å². The monoisotopic (exact) mass is 544 g/mol. The molecule has 2 aliphatic carbocycles. The third-order valence-corrected chi connectivity index (χ3v) is 8.15. The van der Waals surface area contributed by atoms with Gasteiger partial charge in [0.2, 0.25) is 0 Å². The zero-order valence-electron chi connectivity index (χ0n) is 22.6. The second-order valence-corrected chi connectivity index (χ2v) is 10.7. The highest BCUT2D eigenvalue weighted by molar-refractivity contribution is 6.03. The van der Waals surface area contributed by atoms with Crippen molar-refractivity contribution < 1.29 is 13.6 Å². The van der Waals surface area contributed by atoms with Crippen molar-refractivity contribution in [3.05, 3.63) is 94.3 Å². The first-order valence-electron chi connectivity index (χ1n) is 14.2. The highest BCUT2D eigenvalue weighted by atomic mass is 19.2. The van der Waals surface area contributed by atoms with E-state index in [9.17, 15) is 13.6 Å². The summed E-state index contributed by atoms with van der Waals surface area (Å²) in [6.07, 6.45) is 6.97. The predicted molar refractivity (Wildman–Crippen MR) is 150 cm³/mol. The molecule has 7 nitrogen and oxygen atoms in total. The second-order valence-electron chi connectivity index (χ2n) is 10.7. The molecule has 1 N–H and O–H groups in total. The number of nitrogens with one attached hydrogen (secondary N) is 1. The molecule has 0 unspecified atom stereocenters. The molecule has 0 saturated carbocycles. The third kappa shape index (κ3) is 5.43. The summed E-state index contributed by atoms with van der Waals surface area (Å²) in [6.45, 7) is 4.56. The molecule has 1 fully saturated rings. The van der Waals surface area contributed by atoms with Crippen LogP contribution in [0.2, 0.25) is 0 Å². The van der Waals surface area contributed by atoms with Gasteiger partial charge in [-0.3, -0.25) is 14.7 Å². The number of amides is 1. The van der Waals surface area contributed by atoms with E-state index in [1.807, 2.05) is 23.0 Å². The lowest BCUT2D eigenvalue weighted by Gasteiger charge is -2.37. The molecular weight excluding hydrogens is 510 g/mol. The number of nitrogens with zero attached hydrogens (tertiary/aromatic N) is 5. The number of hydrogen-bond acceptors (Lipinski definition) is 5. The molecule has 40 heavy (non-hydrogen) atoms. The van der Waals surface area contributed by atoms with Gasteiger partial charge in [-0.1, -0.05) is 36.4 Å². The predicted octanol–water partition coefficient (Wildman–Crippen LogP) is 4.01. The van der Waals surface area contributed by atoms with Crippen molar-refractivity contribution in [3.63, 3.8) is 0 Å². The lowest BCUT2D eigenvalue weighted by molar-refractivity contribution is 0.0953. The lowest BCUT2D eigenvalue weighted by Crippen LogP contribution is -2.52. The summed E-state index contributed by atoms with van der Waals surface area (Å²) in [7, 11) is 0. The first-order chi connectivity index (χ1) is 19.6. The van der Waals surface area contributed by atoms with Crippen LogP contribution in [0.4, 0.5) is 8.78 Å². The molecule has 0 bridgehead atoms. The van der Waals surface area contributed by atoms with Crippen molar-refractivity contribution in [1.29, 1.82) is 0 Å². The molecule has 2 aromatic carbocycles. The summed E-state index contributed by atoms with van der Waals surface area (Å²) >= 11 is 0. The molecule has 1 amide bonds. The smallest absolute Gasteiger partial charge is 0.253 e. The minimum Gasteiger partial charge on any atom is -0.352 e. The summed E-state index contributed by atoms with van der Waals surface area (Å²) < 4.78 is 26.8. The van der Waals surface area contributed by atoms with E-state index in [0.717, 1.165) is 87.3 Å². The summed E-state index contributed by atoms with van der Waals surface area (Å²) in [5, 5.41) is 10.0. The van der Waals surface area contributed by atoms with Gasteiger partial charge in [0.15, 0.2) is 11.6 Å². The van der Waals surface area contributed by atoms with Crippen LogP contribution < -0.4 is 10.3 Å². The maximum Gasteiger partial charge on any atom is 0.253 e. The Bertz CT molecular complexity index is 1450. The van der Waals surface area contributed by atoms with Crippen LogP contribution in [0.15, 0.2) is 54.9 Å². The third-order valence-electron chi connectivity index (χ3n) is 8.15. The highest BCUT2D eigenvalue weighted by Crippen LogP contribution is 2.39. The normalized spacial score (nSPS) is 15.8. The van der Waals surface area contributed by atoms with Gasteiger partial charge in [-0.25, -0.2) is 13.8 Å². The van der Waals surface area contributed by atoms with E-state index in [2.05, 4.69) is 37.4 Å². The molecule has 2 heterocycles. The van der Waals surface area contributed by atoms with Crippen molar-refractivity contribution >= 4 is 5.91 Å². The quantitative estimate of drug-likeness (QED) is 0.363. The Hall–Kier alpha value is -3.85. The molecule has 6 rings (SSSR count). The molecule has 0 radical (unpaired) electrons. The number of halogens is 2. The molecule has 208 valence electrons. The average molecular weight is 545 g/mol. The lowest BCUT2D eigenvalue weighted by atomic mass is 9.93. The van der Waals surface area contributed by atoms with Crippen molar-refractivity contribution in [1.82, 2.24) is 25.1 Å². The number of benzene rings is 2. The number of piperazine rings is 1. The SMILES string of the molecule is O=C(NCCc1ccccc1)c1c2ncnn(N3CCN(CCc4ccc(F)c(F)c4)CC3)c-2c2c1CCCC2. The Morgan fingerprint density at radius 3 is 2.42 bits per heavy atom. The minimum absolute atomic E-state index is 0.0589. The van der Waals surface area contributed by atoms with E-state index in [1.54, 1.807) is 12.4 Å². The largest absolute Gasteiger partial charge is 0.352 e. The van der Waals surface area contributed by atoms with E-state index < -0.39 is 11.6 Å². The van der Waals surface area contributed by atoms with Gasteiger partial charge in [-0.15, -0.1) is 5.10 Å². The maximum atomic E-state index is 13.6. The van der Waals surface area contributed by atoms with Gasteiger partial charge in [-0.05, 0) is 72.9 Å². The molecule has 9 heteroatoms. The molecule has 2 aliphatic heterocycles. The molecule has 4 aliphatic rings. The number of carbonyl (C=O) groups excluding carboxylic acids is 1. The van der Waals surface area contributed by atoms with Crippen LogP contribution in [0.5, 0.6) is 0 Å². The number of carbonyl (C=O) groups is 1. The number of aromatic nitrogens is 3. The zero-order valence-corrected chi connectivity index (χ0v) is 22.6. The van der Waals surface area contributed by atoms with Crippen molar-refractivity contribution in [2.45, 2.75) is 38.5 Å². The molecular formula is C31H34F2N6O. The number of rotatable bonds is 8. The molecule has 0 aromatic heterocycles. The topological polar surface area (TPSA) is 66.3 Å². The fourth-order valence-electron chi connectivity index (χ4n) is 6.02. The maximum absolute atomic E-state index is 13.6. The fourth-order valence-corrected chi connectivity index (χ4v) is 6.02. The second kappa shape index (κ2) is 11.7. The van der Waals surface area contributed by atoms with Crippen molar-refractivity contribution in [2.75, 3.05) is 44.3 Å². The van der Waals surface area contributed by atoms with Crippen molar-refractivity contribution in [3.8, 4) is 11.4 Å². The van der Waals surface area contributed by atoms with Crippen LogP contribution in [0.3, 0.4) is 0 Å². The van der Waals surface area contributed by atoms with E-state index in [0.29, 0.717) is 18.5 Å². The van der Waals surface area contributed by atoms with E-state index in [4.69, 9.17) is 0 Å². The molecule has 2 aromatic rings. The average Bonchev–Trinajstić information content (AvgIpc) is 3.33. The van der Waals surface area contributed by atoms with Gasteiger partial charge in [0.05, 0.1) is 5.56 Å². The molecule has 0 atom stereocenters. The molecule has 1 saturated heterocycles. The van der Waals surface area contributed by atoms with E-state index >= 15 is 0 Å². The zero-order chi connectivity index (χ0) is 27.5. The first-order valence-corrected chi connectivity index (χ1v) is 14.2. The Morgan fingerprint density at radius 1 is 0.875 bits per heavy atom. The van der Waals surface area contributed by atoms with Crippen LogP contribution in [0, 0.1) is 11.6 Å². The van der Waals surface area contributed by atoms with E-state index in [1.165, 1.54) is 23.3 Å². The van der Waals surface area contributed by atoms with Crippen LogP contribution in [0.25, 0.3) is 11.4 Å². The molecule has 0 spiro atoms. The Labute approximate surface area is 233 Å². The van der Waals surface area contributed by atoms with Gasteiger partial charge >= 0.3 is 0 Å². The van der Waals surface area contributed by atoms with Gasteiger partial charge in [0.1, 0.15) is 17.7 Å². The van der Waals surface area contributed by atoms with Gasteiger partial charge in [-0.2, -0.15) is 4.79 Å². The summed E-state index contributed by atoms with van der Waals surface area (Å²) in [6, 6.07) is 14.3. The Balaban J connectivity index is 1.15. The van der Waals surface area contributed by atoms with Crippen molar-refractivity contribution in [2.24, 2.45) is 0 Å². The van der Waals surface area contributed by atoms with Crippen LogP contribution in [0.1, 0.15) is 45.5 Å². The first kappa shape index (κ1) is 26.4. The summed E-state index contributed by atoms with van der Waals surface area (Å²) in [5.74, 6) is -1.67. The van der Waals surface area contributed by atoms with Gasteiger partial charge in [0, 0.05) is 39.3 Å². The Kier molecular flexibility index (Phi) is 7.73. The van der Waals surface area contributed by atoms with Gasteiger partial charge < -0.3 is 5.32 Å². The van der Waals surface area contributed by atoms with Crippen LogP contribution >= 0.6 is 0 Å². The van der Waals surface area contributed by atoms with Gasteiger partial charge in [0.25, 0.3) is 5.91 Å². The summed E-state index contributed by atoms with van der Waals surface area (Å²) in [5.41, 5.74) is 6.72. The fraction of sp³-hybridized carbons (Fsp3) is 0.387. The number of hydrogen-bond donors (Lipinski definition) is 1. The standard InChI is InChI=1S/C31H34F2N6O/c32-26-11-10-23(20-27(26)33)13-15-37-16-18-38(19-17-37)39-30-25-9-5-4-8-24(25)28(29(30)35-21-36-39)31(40)34-14-12-22-6-2-1-3-7-22/h1-3,6-7,10-11,20-21H,4-5,8-9,12-19H2,(H,34,40). The van der Waals surface area contributed by atoms with Crippen LogP contribution in [-0.2, 0) is 25.7 Å². The number of fused-ring (bicyclic) bond motifs is 3.